The first kappa shape index (κ1) is 14.2. The lowest BCUT2D eigenvalue weighted by atomic mass is 10.1. The molecule has 0 saturated heterocycles. The number of aliphatic carboxylic acids is 1. The molecule has 0 bridgehead atoms. The number of amides is 1. The topological polar surface area (TPSA) is 84.2 Å². The molecule has 18 heavy (non-hydrogen) atoms. The van der Waals surface area contributed by atoms with Crippen molar-refractivity contribution in [3.8, 4) is 0 Å². The molecule has 1 rings (SSSR count). The zero-order valence-electron chi connectivity index (χ0n) is 10.9. The zero-order valence-corrected chi connectivity index (χ0v) is 10.9. The minimum absolute atomic E-state index is 0.128. The Kier molecular flexibility index (Phi) is 4.88. The highest BCUT2D eigenvalue weighted by Gasteiger charge is 2.13. The lowest BCUT2D eigenvalue weighted by Gasteiger charge is -2.11. The third-order valence-electron chi connectivity index (χ3n) is 2.94. The molecule has 0 aliphatic carbocycles. The smallest absolute Gasteiger partial charge is 0.303 e. The quantitative estimate of drug-likeness (QED) is 0.790. The van der Waals surface area contributed by atoms with E-state index in [0.717, 1.165) is 5.69 Å². The lowest BCUT2D eigenvalue weighted by molar-refractivity contribution is -0.137. The monoisotopic (exact) mass is 253 g/mol. The molecule has 100 valence electrons. The molecular formula is C12H19N3O3. The first-order valence-corrected chi connectivity index (χ1v) is 5.90. The minimum atomic E-state index is -0.809. The molecule has 1 aromatic rings. The van der Waals surface area contributed by atoms with Crippen molar-refractivity contribution in [3.05, 3.63) is 17.5 Å². The van der Waals surface area contributed by atoms with E-state index in [9.17, 15) is 9.59 Å². The average molecular weight is 253 g/mol. The predicted molar refractivity (Wildman–Crippen MR) is 66.3 cm³/mol. The van der Waals surface area contributed by atoms with Crippen molar-refractivity contribution < 1.29 is 14.7 Å². The van der Waals surface area contributed by atoms with E-state index in [1.165, 1.54) is 6.20 Å². The number of carboxylic acid groups (broad SMARTS) is 1. The highest BCUT2D eigenvalue weighted by molar-refractivity contribution is 5.95. The van der Waals surface area contributed by atoms with E-state index in [0.29, 0.717) is 18.5 Å². The molecule has 6 nitrogen and oxygen atoms in total. The number of aromatic nitrogens is 2. The molecule has 1 aromatic heterocycles. The number of nitrogens with one attached hydrogen (secondary N) is 1. The maximum Gasteiger partial charge on any atom is 0.303 e. The molecule has 1 amide bonds. The molecule has 0 spiro atoms. The molecule has 0 aromatic carbocycles. The van der Waals surface area contributed by atoms with Crippen LogP contribution in [-0.2, 0) is 11.8 Å². The number of aryl methyl sites for hydroxylation is 1. The summed E-state index contributed by atoms with van der Waals surface area (Å²) in [4.78, 5) is 22.3. The molecule has 1 atom stereocenters. The first-order chi connectivity index (χ1) is 8.41. The van der Waals surface area contributed by atoms with Gasteiger partial charge in [-0.15, -0.1) is 0 Å². The summed E-state index contributed by atoms with van der Waals surface area (Å²) in [6.07, 6.45) is 2.22. The van der Waals surface area contributed by atoms with Gasteiger partial charge in [-0.2, -0.15) is 5.10 Å². The van der Waals surface area contributed by atoms with Gasteiger partial charge in [0.25, 0.3) is 5.91 Å². The molecule has 1 unspecified atom stereocenters. The number of hydrogen-bond acceptors (Lipinski definition) is 3. The van der Waals surface area contributed by atoms with Crippen molar-refractivity contribution in [1.82, 2.24) is 15.1 Å². The van der Waals surface area contributed by atoms with Crippen molar-refractivity contribution in [2.45, 2.75) is 26.7 Å². The summed E-state index contributed by atoms with van der Waals surface area (Å²) in [5.41, 5.74) is 1.37. The number of nitrogens with zero attached hydrogens (tertiary/aromatic N) is 2. The largest absolute Gasteiger partial charge is 0.481 e. The van der Waals surface area contributed by atoms with Crippen LogP contribution in [0.15, 0.2) is 6.20 Å². The summed E-state index contributed by atoms with van der Waals surface area (Å²) in [6.45, 7) is 4.22. The summed E-state index contributed by atoms with van der Waals surface area (Å²) >= 11 is 0. The Balaban J connectivity index is 2.42. The van der Waals surface area contributed by atoms with E-state index in [1.807, 2.05) is 13.8 Å². The fourth-order valence-corrected chi connectivity index (χ4v) is 1.56. The molecule has 0 fully saturated rings. The standard InChI is InChI=1S/C12H19N3O3/c1-8(4-5-11(16)17)6-13-12(18)10-7-14-15(3)9(10)2/h7-8H,4-6H2,1-3H3,(H,13,18)(H,16,17). The number of carboxylic acids is 1. The second kappa shape index (κ2) is 6.18. The van der Waals surface area contributed by atoms with E-state index in [1.54, 1.807) is 11.7 Å². The Hall–Kier alpha value is -1.85. The molecule has 6 heteroatoms. The third kappa shape index (κ3) is 3.87. The predicted octanol–water partition coefficient (Wildman–Crippen LogP) is 0.959. The van der Waals surface area contributed by atoms with E-state index in [2.05, 4.69) is 10.4 Å². The van der Waals surface area contributed by atoms with Crippen molar-refractivity contribution in [2.75, 3.05) is 6.54 Å². The van der Waals surface area contributed by atoms with Crippen molar-refractivity contribution in [2.24, 2.45) is 13.0 Å². The Morgan fingerprint density at radius 2 is 2.22 bits per heavy atom. The molecule has 0 saturated carbocycles. The van der Waals surface area contributed by atoms with Crippen LogP contribution in [0.25, 0.3) is 0 Å². The van der Waals surface area contributed by atoms with Gasteiger partial charge >= 0.3 is 5.97 Å². The SMILES string of the molecule is Cc1c(C(=O)NCC(C)CCC(=O)O)cnn1C. The van der Waals surface area contributed by atoms with Gasteiger partial charge in [0.15, 0.2) is 0 Å². The highest BCUT2D eigenvalue weighted by atomic mass is 16.4. The second-order valence-electron chi connectivity index (χ2n) is 4.51. The van der Waals surface area contributed by atoms with E-state index in [4.69, 9.17) is 5.11 Å². The van der Waals surface area contributed by atoms with E-state index >= 15 is 0 Å². The molecule has 0 aliphatic rings. The van der Waals surface area contributed by atoms with Gasteiger partial charge in [-0.05, 0) is 19.3 Å². The van der Waals surface area contributed by atoms with Crippen LogP contribution >= 0.6 is 0 Å². The van der Waals surface area contributed by atoms with Crippen molar-refractivity contribution in [1.29, 1.82) is 0 Å². The van der Waals surface area contributed by atoms with E-state index < -0.39 is 5.97 Å². The molecule has 2 N–H and O–H groups in total. The zero-order chi connectivity index (χ0) is 13.7. The van der Waals surface area contributed by atoms with E-state index in [-0.39, 0.29) is 18.2 Å². The van der Waals surface area contributed by atoms with Crippen LogP contribution in [0.3, 0.4) is 0 Å². The molecule has 0 radical (unpaired) electrons. The summed E-state index contributed by atoms with van der Waals surface area (Å²) in [7, 11) is 1.78. The summed E-state index contributed by atoms with van der Waals surface area (Å²) in [5.74, 6) is -0.832. The first-order valence-electron chi connectivity index (χ1n) is 5.90. The molecule has 1 heterocycles. The van der Waals surface area contributed by atoms with Crippen LogP contribution < -0.4 is 5.32 Å². The fourth-order valence-electron chi connectivity index (χ4n) is 1.56. The highest BCUT2D eigenvalue weighted by Crippen LogP contribution is 2.07. The average Bonchev–Trinajstić information content (AvgIpc) is 2.64. The molecule has 0 aliphatic heterocycles. The number of carbonyl (C=O) groups excluding carboxylic acids is 1. The number of rotatable bonds is 6. The van der Waals surface area contributed by atoms with Crippen molar-refractivity contribution in [3.63, 3.8) is 0 Å². The Morgan fingerprint density at radius 3 is 2.72 bits per heavy atom. The van der Waals surface area contributed by atoms with Crippen LogP contribution in [-0.4, -0.2) is 33.3 Å². The summed E-state index contributed by atoms with van der Waals surface area (Å²) < 4.78 is 1.64. The van der Waals surface area contributed by atoms with Gasteiger partial charge in [0.2, 0.25) is 0 Å². The second-order valence-corrected chi connectivity index (χ2v) is 4.51. The van der Waals surface area contributed by atoms with Crippen LogP contribution in [0.4, 0.5) is 0 Å². The van der Waals surface area contributed by atoms with Crippen LogP contribution in [0, 0.1) is 12.8 Å². The van der Waals surface area contributed by atoms with Crippen molar-refractivity contribution >= 4 is 11.9 Å². The van der Waals surface area contributed by atoms with Gasteiger partial charge in [-0.1, -0.05) is 6.92 Å². The number of carbonyl (C=O) groups is 2. The van der Waals surface area contributed by atoms with Gasteiger partial charge in [0.1, 0.15) is 0 Å². The fraction of sp³-hybridized carbons (Fsp3) is 0.583. The minimum Gasteiger partial charge on any atom is -0.481 e. The van der Waals surface area contributed by atoms with Crippen LogP contribution in [0.1, 0.15) is 35.8 Å². The Bertz CT molecular complexity index is 440. The lowest BCUT2D eigenvalue weighted by Crippen LogP contribution is -2.28. The van der Waals surface area contributed by atoms with Gasteiger partial charge in [-0.3, -0.25) is 14.3 Å². The van der Waals surface area contributed by atoms with Crippen LogP contribution in [0.2, 0.25) is 0 Å². The summed E-state index contributed by atoms with van der Waals surface area (Å²) in [5, 5.41) is 15.4. The number of hydrogen-bond donors (Lipinski definition) is 2. The molecular weight excluding hydrogens is 234 g/mol. The normalized spacial score (nSPS) is 12.2. The van der Waals surface area contributed by atoms with Gasteiger partial charge in [0.05, 0.1) is 11.8 Å². The van der Waals surface area contributed by atoms with Gasteiger partial charge in [-0.25, -0.2) is 0 Å². The van der Waals surface area contributed by atoms with Gasteiger partial charge in [0, 0.05) is 25.7 Å². The van der Waals surface area contributed by atoms with Crippen LogP contribution in [0.5, 0.6) is 0 Å². The summed E-state index contributed by atoms with van der Waals surface area (Å²) in [6, 6.07) is 0. The Labute approximate surface area is 106 Å². The Morgan fingerprint density at radius 1 is 1.56 bits per heavy atom. The third-order valence-corrected chi connectivity index (χ3v) is 2.94. The van der Waals surface area contributed by atoms with Gasteiger partial charge < -0.3 is 10.4 Å². The maximum atomic E-state index is 11.8. The maximum absolute atomic E-state index is 11.8.